The zero-order valence-corrected chi connectivity index (χ0v) is 13.8. The minimum atomic E-state index is -5.02. The van der Waals surface area contributed by atoms with Crippen LogP contribution >= 0.6 is 0 Å². The van der Waals surface area contributed by atoms with Crippen molar-refractivity contribution >= 4 is 11.8 Å². The van der Waals surface area contributed by atoms with Gasteiger partial charge >= 0.3 is 12.3 Å². The number of hydrogen-bond acceptors (Lipinski definition) is 4. The van der Waals surface area contributed by atoms with Crippen LogP contribution in [0.2, 0.25) is 0 Å². The van der Waals surface area contributed by atoms with E-state index in [1.165, 1.54) is 6.92 Å². The number of halogens is 3. The van der Waals surface area contributed by atoms with Crippen LogP contribution in [-0.4, -0.2) is 40.4 Å². The molecule has 0 saturated heterocycles. The summed E-state index contributed by atoms with van der Waals surface area (Å²) in [6.45, 7) is 7.28. The van der Waals surface area contributed by atoms with Gasteiger partial charge in [0.2, 0.25) is 0 Å². The summed E-state index contributed by atoms with van der Waals surface area (Å²) in [6, 6.07) is 0. The van der Waals surface area contributed by atoms with E-state index in [1.807, 2.05) is 20.8 Å². The van der Waals surface area contributed by atoms with E-state index in [4.69, 9.17) is 0 Å². The molecule has 1 amide bonds. The van der Waals surface area contributed by atoms with Crippen LogP contribution in [0.3, 0.4) is 0 Å². The Morgan fingerprint density at radius 1 is 1.43 bits per heavy atom. The fourth-order valence-electron chi connectivity index (χ4n) is 3.37. The van der Waals surface area contributed by atoms with Crippen molar-refractivity contribution in [1.29, 1.82) is 0 Å². The number of ether oxygens (including phenoxy) is 1. The van der Waals surface area contributed by atoms with Crippen LogP contribution < -0.4 is 0 Å². The van der Waals surface area contributed by atoms with Gasteiger partial charge in [0.05, 0.1) is 12.5 Å². The average Bonchev–Trinajstić information content (AvgIpc) is 2.72. The smallest absolute Gasteiger partial charge is 0.439 e. The Morgan fingerprint density at radius 3 is 2.52 bits per heavy atom. The lowest BCUT2D eigenvalue weighted by Gasteiger charge is -2.42. The summed E-state index contributed by atoms with van der Waals surface area (Å²) < 4.78 is 45.5. The van der Waals surface area contributed by atoms with Gasteiger partial charge in [0.25, 0.3) is 5.72 Å². The number of rotatable bonds is 1. The lowest BCUT2D eigenvalue weighted by Crippen LogP contribution is -2.62. The van der Waals surface area contributed by atoms with Gasteiger partial charge in [-0.1, -0.05) is 20.8 Å². The molecular formula is C15H23F3N2O3. The summed E-state index contributed by atoms with van der Waals surface area (Å²) in [7, 11) is 0. The maximum atomic E-state index is 13.6. The topological polar surface area (TPSA) is 62.1 Å². The van der Waals surface area contributed by atoms with Crippen molar-refractivity contribution in [3.8, 4) is 0 Å². The highest BCUT2D eigenvalue weighted by Crippen LogP contribution is 2.51. The lowest BCUT2D eigenvalue weighted by atomic mass is 9.66. The van der Waals surface area contributed by atoms with Crippen LogP contribution in [0.25, 0.3) is 0 Å². The zero-order chi connectivity index (χ0) is 17.6. The standard InChI is InChI=1S/C15H23F3N2O3/c1-5-23-12(21)20-14(22,15(16,17)18)10-8-9(13(2,3)4)6-7-11(10)19-20/h9-10,22H,5-8H2,1-4H3/t9-,10-,14+/m0/s1. The Balaban J connectivity index is 2.39. The van der Waals surface area contributed by atoms with E-state index in [1.54, 1.807) is 0 Å². The molecule has 2 rings (SSSR count). The molecular weight excluding hydrogens is 313 g/mol. The summed E-state index contributed by atoms with van der Waals surface area (Å²) >= 11 is 0. The minimum absolute atomic E-state index is 0.00229. The van der Waals surface area contributed by atoms with Crippen molar-refractivity contribution in [2.45, 2.75) is 58.9 Å². The second kappa shape index (κ2) is 5.65. The first-order chi connectivity index (χ1) is 10.4. The molecule has 0 aromatic heterocycles. The summed E-state index contributed by atoms with van der Waals surface area (Å²) in [5.41, 5.74) is -3.30. The van der Waals surface area contributed by atoms with Crippen molar-refractivity contribution in [3.63, 3.8) is 0 Å². The summed E-state index contributed by atoms with van der Waals surface area (Å²) in [5.74, 6) is -1.24. The monoisotopic (exact) mass is 336 g/mol. The van der Waals surface area contributed by atoms with Gasteiger partial charge in [-0.25, -0.2) is 4.79 Å². The van der Waals surface area contributed by atoms with E-state index in [9.17, 15) is 23.1 Å². The highest BCUT2D eigenvalue weighted by Gasteiger charge is 2.69. The van der Waals surface area contributed by atoms with Crippen molar-refractivity contribution in [2.75, 3.05) is 6.61 Å². The number of alkyl halides is 3. The Kier molecular flexibility index (Phi) is 4.43. The Hall–Kier alpha value is -1.31. The van der Waals surface area contributed by atoms with Gasteiger partial charge in [0, 0.05) is 5.71 Å². The van der Waals surface area contributed by atoms with Crippen molar-refractivity contribution in [1.82, 2.24) is 5.01 Å². The van der Waals surface area contributed by atoms with Gasteiger partial charge < -0.3 is 9.84 Å². The first-order valence-corrected chi connectivity index (χ1v) is 7.76. The molecule has 23 heavy (non-hydrogen) atoms. The first-order valence-electron chi connectivity index (χ1n) is 7.76. The maximum Gasteiger partial charge on any atom is 0.439 e. The molecule has 1 aliphatic carbocycles. The third-order valence-corrected chi connectivity index (χ3v) is 4.79. The molecule has 1 heterocycles. The van der Waals surface area contributed by atoms with Gasteiger partial charge in [-0.15, -0.1) is 0 Å². The van der Waals surface area contributed by atoms with Crippen LogP contribution in [-0.2, 0) is 4.74 Å². The fourth-order valence-corrected chi connectivity index (χ4v) is 3.37. The molecule has 1 N–H and O–H groups in total. The zero-order valence-electron chi connectivity index (χ0n) is 13.8. The highest BCUT2D eigenvalue weighted by atomic mass is 19.4. The van der Waals surface area contributed by atoms with Crippen molar-refractivity contribution in [3.05, 3.63) is 0 Å². The molecule has 5 nitrogen and oxygen atoms in total. The van der Waals surface area contributed by atoms with E-state index in [0.29, 0.717) is 12.8 Å². The number of fused-ring (bicyclic) bond motifs is 1. The lowest BCUT2D eigenvalue weighted by molar-refractivity contribution is -0.316. The molecule has 2 aliphatic rings. The number of hydrogen-bond donors (Lipinski definition) is 1. The fraction of sp³-hybridized carbons (Fsp3) is 0.867. The molecule has 1 fully saturated rings. The first kappa shape index (κ1) is 18.0. The highest BCUT2D eigenvalue weighted by molar-refractivity contribution is 5.92. The van der Waals surface area contributed by atoms with Crippen molar-refractivity contribution < 1.29 is 27.8 Å². The average molecular weight is 336 g/mol. The van der Waals surface area contributed by atoms with Crippen LogP contribution in [0.15, 0.2) is 5.10 Å². The molecule has 8 heteroatoms. The molecule has 0 radical (unpaired) electrons. The molecule has 0 spiro atoms. The summed E-state index contributed by atoms with van der Waals surface area (Å²) in [6.07, 6.45) is -5.14. The van der Waals surface area contributed by atoms with Crippen LogP contribution in [0.4, 0.5) is 18.0 Å². The summed E-state index contributed by atoms with van der Waals surface area (Å²) in [4.78, 5) is 11.9. The largest absolute Gasteiger partial charge is 0.448 e. The van der Waals surface area contributed by atoms with E-state index in [2.05, 4.69) is 9.84 Å². The summed E-state index contributed by atoms with van der Waals surface area (Å²) in [5, 5.41) is 14.3. The van der Waals surface area contributed by atoms with Crippen LogP contribution in [0.1, 0.15) is 47.0 Å². The molecule has 132 valence electrons. The minimum Gasteiger partial charge on any atom is -0.448 e. The van der Waals surface area contributed by atoms with Crippen molar-refractivity contribution in [2.24, 2.45) is 22.4 Å². The quantitative estimate of drug-likeness (QED) is 0.797. The molecule has 1 aliphatic heterocycles. The number of hydrazone groups is 1. The maximum absolute atomic E-state index is 13.6. The number of amides is 1. The third-order valence-electron chi connectivity index (χ3n) is 4.79. The Bertz CT molecular complexity index is 513. The van der Waals surface area contributed by atoms with Crippen LogP contribution in [0, 0.1) is 17.3 Å². The van der Waals surface area contributed by atoms with E-state index >= 15 is 0 Å². The molecule has 0 unspecified atom stereocenters. The number of nitrogens with zero attached hydrogens (tertiary/aromatic N) is 2. The Morgan fingerprint density at radius 2 is 2.04 bits per heavy atom. The molecule has 1 saturated carbocycles. The molecule has 3 atom stereocenters. The second-order valence-corrected chi connectivity index (χ2v) is 7.22. The predicted molar refractivity (Wildman–Crippen MR) is 77.6 cm³/mol. The van der Waals surface area contributed by atoms with E-state index in [-0.39, 0.29) is 35.1 Å². The number of carbonyl (C=O) groups excluding carboxylic acids is 1. The molecule has 0 aromatic carbocycles. The van der Waals surface area contributed by atoms with Gasteiger partial charge in [0.1, 0.15) is 0 Å². The number of carbonyl (C=O) groups is 1. The predicted octanol–water partition coefficient (Wildman–Crippen LogP) is 3.53. The van der Waals surface area contributed by atoms with Gasteiger partial charge in [-0.05, 0) is 37.5 Å². The third kappa shape index (κ3) is 2.93. The SMILES string of the molecule is CCOC(=O)N1N=C2CC[C@H](C(C)(C)C)C[C@@H]2[C@@]1(O)C(F)(F)F. The molecule has 0 bridgehead atoms. The second-order valence-electron chi connectivity index (χ2n) is 7.22. The normalized spacial score (nSPS) is 31.7. The van der Waals surface area contributed by atoms with E-state index < -0.39 is 23.9 Å². The van der Waals surface area contributed by atoms with E-state index in [0.717, 1.165) is 0 Å². The van der Waals surface area contributed by atoms with Crippen LogP contribution in [0.5, 0.6) is 0 Å². The molecule has 0 aromatic rings. The van der Waals surface area contributed by atoms with Gasteiger partial charge in [-0.3, -0.25) is 0 Å². The Labute approximate surface area is 133 Å². The van der Waals surface area contributed by atoms with Gasteiger partial charge in [0.15, 0.2) is 0 Å². The number of aliphatic hydroxyl groups is 1. The van der Waals surface area contributed by atoms with Gasteiger partial charge in [-0.2, -0.15) is 23.3 Å².